The van der Waals surface area contributed by atoms with E-state index in [-0.39, 0.29) is 0 Å². The highest BCUT2D eigenvalue weighted by atomic mass is 32.1. The highest BCUT2D eigenvalue weighted by Crippen LogP contribution is 2.25. The average Bonchev–Trinajstić information content (AvgIpc) is 3.01. The van der Waals surface area contributed by atoms with Crippen molar-refractivity contribution in [2.24, 2.45) is 0 Å². The first kappa shape index (κ1) is 9.23. The van der Waals surface area contributed by atoms with Crippen molar-refractivity contribution in [2.75, 3.05) is 0 Å². The number of nitrogens with zero attached hydrogens (tertiary/aromatic N) is 3. The zero-order valence-corrected chi connectivity index (χ0v) is 9.02. The molecule has 0 N–H and O–H groups in total. The van der Waals surface area contributed by atoms with E-state index in [2.05, 4.69) is 15.2 Å². The van der Waals surface area contributed by atoms with Gasteiger partial charge in [0.15, 0.2) is 0 Å². The minimum Gasteiger partial charge on any atom is -0.415 e. The van der Waals surface area contributed by atoms with Crippen molar-refractivity contribution in [3.8, 4) is 22.2 Å². The molecule has 78 valence electrons. The van der Waals surface area contributed by atoms with Crippen molar-refractivity contribution >= 4 is 11.3 Å². The highest BCUT2D eigenvalue weighted by molar-refractivity contribution is 7.13. The van der Waals surface area contributed by atoms with Gasteiger partial charge in [-0.25, -0.2) is 0 Å². The third-order valence-corrected chi connectivity index (χ3v) is 2.85. The summed E-state index contributed by atoms with van der Waals surface area (Å²) in [6.07, 6.45) is 1.72. The molecule has 16 heavy (non-hydrogen) atoms. The smallest absolute Gasteiger partial charge is 0.259 e. The van der Waals surface area contributed by atoms with Crippen LogP contribution in [0.3, 0.4) is 0 Å². The van der Waals surface area contributed by atoms with Crippen LogP contribution >= 0.6 is 11.3 Å². The fourth-order valence-electron chi connectivity index (χ4n) is 1.34. The van der Waals surface area contributed by atoms with Crippen molar-refractivity contribution in [2.45, 2.75) is 0 Å². The molecule has 0 aliphatic rings. The Bertz CT molecular complexity index is 574. The van der Waals surface area contributed by atoms with Gasteiger partial charge < -0.3 is 4.42 Å². The van der Waals surface area contributed by atoms with Crippen molar-refractivity contribution in [3.05, 3.63) is 42.0 Å². The van der Waals surface area contributed by atoms with Crippen LogP contribution < -0.4 is 0 Å². The summed E-state index contributed by atoms with van der Waals surface area (Å²) in [4.78, 5) is 4.86. The molecular formula is C11H7N3OS. The Morgan fingerprint density at radius 3 is 2.56 bits per heavy atom. The van der Waals surface area contributed by atoms with Gasteiger partial charge in [-0.2, -0.15) is 0 Å². The van der Waals surface area contributed by atoms with Gasteiger partial charge in [-0.15, -0.1) is 21.5 Å². The molecule has 3 rings (SSSR count). The predicted octanol–water partition coefficient (Wildman–Crippen LogP) is 2.86. The van der Waals surface area contributed by atoms with E-state index in [1.165, 1.54) is 11.3 Å². The molecule has 0 saturated heterocycles. The molecule has 2 heterocycles. The second-order valence-corrected chi connectivity index (χ2v) is 4.03. The molecular weight excluding hydrogens is 222 g/mol. The predicted molar refractivity (Wildman–Crippen MR) is 60.8 cm³/mol. The Hall–Kier alpha value is -2.01. The maximum atomic E-state index is 5.56. The Morgan fingerprint density at radius 1 is 1.00 bits per heavy atom. The fourth-order valence-corrected chi connectivity index (χ4v) is 1.88. The first-order valence-corrected chi connectivity index (χ1v) is 5.59. The number of benzene rings is 1. The van der Waals surface area contributed by atoms with Gasteiger partial charge in [0.25, 0.3) is 5.89 Å². The highest BCUT2D eigenvalue weighted by Gasteiger charge is 2.10. The van der Waals surface area contributed by atoms with E-state index in [1.54, 1.807) is 11.7 Å². The molecule has 0 bridgehead atoms. The van der Waals surface area contributed by atoms with Crippen molar-refractivity contribution in [1.82, 2.24) is 15.2 Å². The van der Waals surface area contributed by atoms with Gasteiger partial charge in [-0.3, -0.25) is 4.98 Å². The summed E-state index contributed by atoms with van der Waals surface area (Å²) >= 11 is 1.48. The average molecular weight is 229 g/mol. The van der Waals surface area contributed by atoms with Crippen LogP contribution in [0.15, 0.2) is 46.5 Å². The largest absolute Gasteiger partial charge is 0.415 e. The Balaban J connectivity index is 2.00. The first-order valence-electron chi connectivity index (χ1n) is 4.71. The van der Waals surface area contributed by atoms with Crippen molar-refractivity contribution in [3.63, 3.8) is 0 Å². The van der Waals surface area contributed by atoms with E-state index < -0.39 is 0 Å². The van der Waals surface area contributed by atoms with Crippen LogP contribution in [0.4, 0.5) is 0 Å². The molecule has 0 saturated carbocycles. The lowest BCUT2D eigenvalue weighted by Gasteiger charge is -1.91. The quantitative estimate of drug-likeness (QED) is 0.678. The molecule has 1 aromatic carbocycles. The first-order chi connectivity index (χ1) is 7.93. The van der Waals surface area contributed by atoms with Gasteiger partial charge in [0.2, 0.25) is 5.89 Å². The van der Waals surface area contributed by atoms with Gasteiger partial charge >= 0.3 is 0 Å². The third kappa shape index (κ3) is 1.61. The zero-order chi connectivity index (χ0) is 10.8. The van der Waals surface area contributed by atoms with Crippen LogP contribution in [0.2, 0.25) is 0 Å². The lowest BCUT2D eigenvalue weighted by Crippen LogP contribution is -1.75. The van der Waals surface area contributed by atoms with Crippen molar-refractivity contribution < 1.29 is 4.42 Å². The van der Waals surface area contributed by atoms with Crippen LogP contribution in [0.1, 0.15) is 0 Å². The van der Waals surface area contributed by atoms with Gasteiger partial charge in [0.1, 0.15) is 4.88 Å². The monoisotopic (exact) mass is 229 g/mol. The molecule has 3 aromatic rings. The maximum Gasteiger partial charge on any atom is 0.259 e. The number of hydrogen-bond acceptors (Lipinski definition) is 5. The number of hydrogen-bond donors (Lipinski definition) is 0. The van der Waals surface area contributed by atoms with E-state index in [0.29, 0.717) is 11.8 Å². The standard InChI is InChI=1S/C11H7N3OS/c1-2-4-8(5-3-1)10-13-14-11(15-10)9-6-12-7-16-9/h1-7H. The van der Waals surface area contributed by atoms with Crippen LogP contribution in [-0.4, -0.2) is 15.2 Å². The number of thiazole rings is 1. The van der Waals surface area contributed by atoms with E-state index in [1.807, 2.05) is 30.3 Å². The maximum absolute atomic E-state index is 5.56. The fraction of sp³-hybridized carbons (Fsp3) is 0. The number of rotatable bonds is 2. The SMILES string of the molecule is c1ccc(-c2nnc(-c3cncs3)o2)cc1. The summed E-state index contributed by atoms with van der Waals surface area (Å²) in [6, 6.07) is 9.69. The summed E-state index contributed by atoms with van der Waals surface area (Å²) < 4.78 is 5.56. The minimum absolute atomic E-state index is 0.515. The van der Waals surface area contributed by atoms with Crippen LogP contribution in [0.5, 0.6) is 0 Å². The van der Waals surface area contributed by atoms with Crippen LogP contribution in [0, 0.1) is 0 Å². The summed E-state index contributed by atoms with van der Waals surface area (Å²) in [5.74, 6) is 1.05. The van der Waals surface area contributed by atoms with Gasteiger partial charge in [-0.1, -0.05) is 18.2 Å². The van der Waals surface area contributed by atoms with E-state index in [0.717, 1.165) is 10.4 Å². The summed E-state index contributed by atoms with van der Waals surface area (Å²) in [6.45, 7) is 0. The number of aromatic nitrogens is 3. The Kier molecular flexibility index (Phi) is 2.23. The molecule has 4 nitrogen and oxygen atoms in total. The van der Waals surface area contributed by atoms with E-state index in [9.17, 15) is 0 Å². The Labute approximate surface area is 95.6 Å². The summed E-state index contributed by atoms with van der Waals surface area (Å²) in [7, 11) is 0. The molecule has 0 spiro atoms. The molecule has 0 amide bonds. The molecule has 0 aliphatic heterocycles. The van der Waals surface area contributed by atoms with Gasteiger partial charge in [-0.05, 0) is 12.1 Å². The zero-order valence-electron chi connectivity index (χ0n) is 8.20. The topological polar surface area (TPSA) is 51.8 Å². The molecule has 0 aliphatic carbocycles. The molecule has 2 aromatic heterocycles. The second kappa shape index (κ2) is 3.86. The molecule has 5 heteroatoms. The summed E-state index contributed by atoms with van der Waals surface area (Å²) in [5, 5.41) is 7.99. The molecule has 0 atom stereocenters. The lowest BCUT2D eigenvalue weighted by atomic mass is 10.2. The van der Waals surface area contributed by atoms with Crippen molar-refractivity contribution in [1.29, 1.82) is 0 Å². The van der Waals surface area contributed by atoms with Crippen LogP contribution in [0.25, 0.3) is 22.2 Å². The van der Waals surface area contributed by atoms with Gasteiger partial charge in [0.05, 0.1) is 11.7 Å². The van der Waals surface area contributed by atoms with Crippen LogP contribution in [-0.2, 0) is 0 Å². The van der Waals surface area contributed by atoms with E-state index in [4.69, 9.17) is 4.42 Å². The third-order valence-electron chi connectivity index (χ3n) is 2.09. The van der Waals surface area contributed by atoms with E-state index >= 15 is 0 Å². The second-order valence-electron chi connectivity index (χ2n) is 3.14. The molecule has 0 unspecified atom stereocenters. The van der Waals surface area contributed by atoms with Gasteiger partial charge in [0, 0.05) is 5.56 Å². The minimum atomic E-state index is 0.515. The lowest BCUT2D eigenvalue weighted by molar-refractivity contribution is 0.586. The molecule has 0 fully saturated rings. The summed E-state index contributed by atoms with van der Waals surface area (Å²) in [5.41, 5.74) is 2.66. The Morgan fingerprint density at radius 2 is 1.81 bits per heavy atom. The normalized spacial score (nSPS) is 10.5. The molecule has 0 radical (unpaired) electrons.